The van der Waals surface area contributed by atoms with Crippen molar-refractivity contribution in [2.75, 3.05) is 5.73 Å². The summed E-state index contributed by atoms with van der Waals surface area (Å²) < 4.78 is 8.10. The van der Waals surface area contributed by atoms with E-state index in [2.05, 4.69) is 51.7 Å². The van der Waals surface area contributed by atoms with Crippen LogP contribution in [0.15, 0.2) is 5.16 Å². The molecule has 0 saturated carbocycles. The Labute approximate surface area is 119 Å². The van der Waals surface area contributed by atoms with Gasteiger partial charge in [-0.2, -0.15) is 0 Å². The van der Waals surface area contributed by atoms with E-state index in [1.807, 2.05) is 4.57 Å². The number of nitrogens with zero attached hydrogens (tertiary/aromatic N) is 3. The summed E-state index contributed by atoms with van der Waals surface area (Å²) in [7, 11) is 0. The number of thioether (sulfide) groups is 1. The molecule has 2 heterocycles. The van der Waals surface area contributed by atoms with Crippen LogP contribution in [-0.2, 0) is 4.74 Å². The molecule has 1 aromatic rings. The summed E-state index contributed by atoms with van der Waals surface area (Å²) in [6.07, 6.45) is 0.996. The fourth-order valence-corrected chi connectivity index (χ4v) is 4.25. The Bertz CT molecular complexity index is 467. The molecule has 0 radical (unpaired) electrons. The normalized spacial score (nSPS) is 25.1. The van der Waals surface area contributed by atoms with Crippen LogP contribution < -0.4 is 5.73 Å². The van der Waals surface area contributed by atoms with Gasteiger partial charge >= 0.3 is 0 Å². The summed E-state index contributed by atoms with van der Waals surface area (Å²) in [6.45, 7) is 12.7. The molecule has 6 heteroatoms. The lowest BCUT2D eigenvalue weighted by molar-refractivity contribution is -0.0632. The monoisotopic (exact) mass is 284 g/mol. The van der Waals surface area contributed by atoms with Gasteiger partial charge in [-0.15, -0.1) is 10.2 Å². The van der Waals surface area contributed by atoms with Gasteiger partial charge in [-0.25, -0.2) is 0 Å². The SMILES string of the molecule is CC(C)n1c(N)nnc1SC1CC(C)(C)OC1(C)C. The van der Waals surface area contributed by atoms with Crippen molar-refractivity contribution < 1.29 is 4.74 Å². The summed E-state index contributed by atoms with van der Waals surface area (Å²) in [4.78, 5) is 0. The largest absolute Gasteiger partial charge is 0.368 e. The Morgan fingerprint density at radius 2 is 1.95 bits per heavy atom. The van der Waals surface area contributed by atoms with E-state index in [4.69, 9.17) is 10.5 Å². The molecule has 1 atom stereocenters. The maximum atomic E-state index is 6.12. The number of aromatic nitrogens is 3. The van der Waals surface area contributed by atoms with Gasteiger partial charge in [0.1, 0.15) is 0 Å². The van der Waals surface area contributed by atoms with E-state index >= 15 is 0 Å². The van der Waals surface area contributed by atoms with Crippen LogP contribution in [0.1, 0.15) is 54.0 Å². The van der Waals surface area contributed by atoms with Gasteiger partial charge in [0.15, 0.2) is 5.16 Å². The highest BCUT2D eigenvalue weighted by Gasteiger charge is 2.47. The number of nitrogens with two attached hydrogens (primary N) is 1. The molecule has 1 aliphatic heterocycles. The van der Waals surface area contributed by atoms with E-state index in [0.717, 1.165) is 11.6 Å². The third kappa shape index (κ3) is 2.89. The van der Waals surface area contributed by atoms with Crippen LogP contribution >= 0.6 is 11.8 Å². The van der Waals surface area contributed by atoms with Crippen molar-refractivity contribution in [3.05, 3.63) is 0 Å². The fraction of sp³-hybridized carbons (Fsp3) is 0.846. The van der Waals surface area contributed by atoms with Gasteiger partial charge in [0.2, 0.25) is 5.95 Å². The number of rotatable bonds is 3. The topological polar surface area (TPSA) is 66.0 Å². The zero-order valence-electron chi connectivity index (χ0n) is 12.6. The van der Waals surface area contributed by atoms with E-state index in [1.54, 1.807) is 11.8 Å². The summed E-state index contributed by atoms with van der Waals surface area (Å²) in [5, 5.41) is 9.43. The molecule has 1 saturated heterocycles. The van der Waals surface area contributed by atoms with Crippen LogP contribution in [0.5, 0.6) is 0 Å². The molecule has 5 nitrogen and oxygen atoms in total. The standard InChI is InChI=1S/C13H24N4OS/c1-8(2)17-10(14)15-16-11(17)19-9-7-12(3,4)18-13(9,5)6/h8-9H,7H2,1-6H3,(H2,14,15). The maximum Gasteiger partial charge on any atom is 0.222 e. The Kier molecular flexibility index (Phi) is 3.60. The van der Waals surface area contributed by atoms with Crippen molar-refractivity contribution in [3.8, 4) is 0 Å². The average Bonchev–Trinajstić information content (AvgIpc) is 2.65. The third-order valence-electron chi connectivity index (χ3n) is 3.45. The molecule has 0 bridgehead atoms. The van der Waals surface area contributed by atoms with Crippen molar-refractivity contribution in [1.82, 2.24) is 14.8 Å². The second-order valence-electron chi connectivity index (χ2n) is 6.58. The molecule has 0 amide bonds. The zero-order chi connectivity index (χ0) is 14.4. The molecule has 0 aliphatic carbocycles. The molecule has 108 valence electrons. The van der Waals surface area contributed by atoms with Gasteiger partial charge in [0, 0.05) is 11.3 Å². The van der Waals surface area contributed by atoms with Crippen molar-refractivity contribution in [3.63, 3.8) is 0 Å². The molecule has 1 aromatic heterocycles. The minimum atomic E-state index is -0.170. The lowest BCUT2D eigenvalue weighted by Crippen LogP contribution is -2.31. The highest BCUT2D eigenvalue weighted by Crippen LogP contribution is 2.46. The number of hydrogen-bond acceptors (Lipinski definition) is 5. The van der Waals surface area contributed by atoms with Crippen LogP contribution in [0.4, 0.5) is 5.95 Å². The molecular weight excluding hydrogens is 260 g/mol. The number of hydrogen-bond donors (Lipinski definition) is 1. The predicted octanol–water partition coefficient (Wildman–Crippen LogP) is 2.88. The Balaban J connectivity index is 2.23. The van der Waals surface area contributed by atoms with Crippen LogP contribution in [-0.4, -0.2) is 31.2 Å². The predicted molar refractivity (Wildman–Crippen MR) is 78.3 cm³/mol. The first-order valence-corrected chi connectivity index (χ1v) is 7.57. The average molecular weight is 284 g/mol. The van der Waals surface area contributed by atoms with Gasteiger partial charge in [-0.05, 0) is 48.0 Å². The summed E-state index contributed by atoms with van der Waals surface area (Å²) >= 11 is 1.72. The first-order chi connectivity index (χ1) is 8.62. The zero-order valence-corrected chi connectivity index (χ0v) is 13.4. The molecule has 1 aliphatic rings. The molecule has 2 rings (SSSR count). The first-order valence-electron chi connectivity index (χ1n) is 6.69. The molecular formula is C13H24N4OS. The van der Waals surface area contributed by atoms with Crippen molar-refractivity contribution in [1.29, 1.82) is 0 Å². The van der Waals surface area contributed by atoms with Gasteiger partial charge in [0.05, 0.1) is 11.2 Å². The molecule has 0 spiro atoms. The van der Waals surface area contributed by atoms with Gasteiger partial charge in [0.25, 0.3) is 0 Å². The van der Waals surface area contributed by atoms with Crippen LogP contribution in [0.3, 0.4) is 0 Å². The minimum absolute atomic E-state index is 0.0879. The third-order valence-corrected chi connectivity index (χ3v) is 4.95. The highest BCUT2D eigenvalue weighted by molar-refractivity contribution is 7.99. The quantitative estimate of drug-likeness (QED) is 0.924. The lowest BCUT2D eigenvalue weighted by atomic mass is 10.0. The van der Waals surface area contributed by atoms with Crippen molar-refractivity contribution in [2.45, 2.75) is 75.6 Å². The second kappa shape index (κ2) is 4.66. The Hall–Kier alpha value is -0.750. The molecule has 1 unspecified atom stereocenters. The van der Waals surface area contributed by atoms with Gasteiger partial charge in [-0.3, -0.25) is 4.57 Å². The Morgan fingerprint density at radius 1 is 1.32 bits per heavy atom. The molecule has 19 heavy (non-hydrogen) atoms. The van der Waals surface area contributed by atoms with E-state index < -0.39 is 0 Å². The highest BCUT2D eigenvalue weighted by atomic mass is 32.2. The summed E-state index contributed by atoms with van der Waals surface area (Å²) in [5.41, 5.74) is 5.62. The van der Waals surface area contributed by atoms with Gasteiger partial charge < -0.3 is 10.5 Å². The van der Waals surface area contributed by atoms with E-state index in [-0.39, 0.29) is 17.2 Å². The fourth-order valence-electron chi connectivity index (χ4n) is 2.68. The number of anilines is 1. The summed E-state index contributed by atoms with van der Waals surface area (Å²) in [6, 6.07) is 0.260. The number of nitrogen functional groups attached to an aromatic ring is 1. The van der Waals surface area contributed by atoms with Crippen molar-refractivity contribution >= 4 is 17.7 Å². The lowest BCUT2D eigenvalue weighted by Gasteiger charge is -2.26. The van der Waals surface area contributed by atoms with Crippen LogP contribution in [0.25, 0.3) is 0 Å². The first kappa shape index (κ1) is 14.7. The molecule has 0 aromatic carbocycles. The smallest absolute Gasteiger partial charge is 0.222 e. The van der Waals surface area contributed by atoms with E-state index in [1.165, 1.54) is 0 Å². The molecule has 2 N–H and O–H groups in total. The summed E-state index contributed by atoms with van der Waals surface area (Å²) in [5.74, 6) is 0.480. The van der Waals surface area contributed by atoms with Gasteiger partial charge in [-0.1, -0.05) is 11.8 Å². The molecule has 1 fully saturated rings. The van der Waals surface area contributed by atoms with Crippen molar-refractivity contribution in [2.24, 2.45) is 0 Å². The van der Waals surface area contributed by atoms with E-state index in [9.17, 15) is 0 Å². The van der Waals surface area contributed by atoms with E-state index in [0.29, 0.717) is 11.2 Å². The minimum Gasteiger partial charge on any atom is -0.368 e. The Morgan fingerprint density at radius 3 is 2.42 bits per heavy atom. The second-order valence-corrected chi connectivity index (χ2v) is 7.75. The van der Waals surface area contributed by atoms with Crippen LogP contribution in [0.2, 0.25) is 0 Å². The number of ether oxygens (including phenoxy) is 1. The van der Waals surface area contributed by atoms with Crippen LogP contribution in [0, 0.1) is 0 Å². The maximum absolute atomic E-state index is 6.12.